The number of nitrogens with one attached hydrogen (secondary N) is 1. The first-order valence-corrected chi connectivity index (χ1v) is 8.85. The number of aromatic nitrogens is 1. The maximum atomic E-state index is 12.2. The van der Waals surface area contributed by atoms with Crippen LogP contribution < -0.4 is 5.32 Å². The molecule has 0 saturated carbocycles. The molecular weight excluding hydrogens is 308 g/mol. The second-order valence-electron chi connectivity index (χ2n) is 6.81. The summed E-state index contributed by atoms with van der Waals surface area (Å²) in [7, 11) is 0. The quantitative estimate of drug-likeness (QED) is 0.854. The van der Waals surface area contributed by atoms with Gasteiger partial charge >= 0.3 is 0 Å². The van der Waals surface area contributed by atoms with Crippen LogP contribution in [-0.4, -0.2) is 72.8 Å². The van der Waals surface area contributed by atoms with Crippen LogP contribution in [0.15, 0.2) is 4.52 Å². The summed E-state index contributed by atoms with van der Waals surface area (Å²) in [4.78, 5) is 16.8. The third kappa shape index (κ3) is 4.55. The molecule has 0 atom stereocenters. The van der Waals surface area contributed by atoms with E-state index in [2.05, 4.69) is 20.3 Å². The Morgan fingerprint density at radius 3 is 2.50 bits per heavy atom. The third-order valence-electron chi connectivity index (χ3n) is 4.99. The maximum Gasteiger partial charge on any atom is 0.234 e. The number of hydrogen-bond donors (Lipinski definition) is 1. The Labute approximate surface area is 143 Å². The second kappa shape index (κ2) is 8.09. The summed E-state index contributed by atoms with van der Waals surface area (Å²) in [6.45, 7) is 10.5. The van der Waals surface area contributed by atoms with Gasteiger partial charge in [0.25, 0.3) is 0 Å². The predicted octanol–water partition coefficient (Wildman–Crippen LogP) is 0.704. The van der Waals surface area contributed by atoms with E-state index in [1.54, 1.807) is 0 Å². The topological polar surface area (TPSA) is 70.8 Å². The number of nitrogens with zero attached hydrogens (tertiary/aromatic N) is 3. The zero-order valence-corrected chi connectivity index (χ0v) is 14.7. The first-order valence-electron chi connectivity index (χ1n) is 8.85. The Hall–Kier alpha value is -1.44. The number of carbonyl (C=O) groups excluding carboxylic acids is 1. The molecule has 24 heavy (non-hydrogen) atoms. The Morgan fingerprint density at radius 2 is 1.88 bits per heavy atom. The van der Waals surface area contributed by atoms with E-state index in [1.807, 2.05) is 13.8 Å². The lowest BCUT2D eigenvalue weighted by Gasteiger charge is -2.33. The van der Waals surface area contributed by atoms with Crippen molar-refractivity contribution in [2.24, 2.45) is 0 Å². The van der Waals surface area contributed by atoms with Gasteiger partial charge in [-0.2, -0.15) is 0 Å². The van der Waals surface area contributed by atoms with Crippen LogP contribution in [0.2, 0.25) is 0 Å². The minimum Gasteiger partial charge on any atom is -0.379 e. The van der Waals surface area contributed by atoms with Crippen molar-refractivity contribution in [1.82, 2.24) is 20.3 Å². The van der Waals surface area contributed by atoms with Crippen molar-refractivity contribution >= 4 is 5.91 Å². The predicted molar refractivity (Wildman–Crippen MR) is 89.7 cm³/mol. The molecule has 1 amide bonds. The van der Waals surface area contributed by atoms with Crippen LogP contribution in [0.3, 0.4) is 0 Å². The van der Waals surface area contributed by atoms with Gasteiger partial charge in [-0.3, -0.25) is 14.6 Å². The Balaban J connectivity index is 1.39. The molecule has 2 aliphatic rings. The van der Waals surface area contributed by atoms with Crippen LogP contribution >= 0.6 is 0 Å². The molecule has 0 bridgehead atoms. The Morgan fingerprint density at radius 1 is 1.17 bits per heavy atom. The summed E-state index contributed by atoms with van der Waals surface area (Å²) < 4.78 is 10.5. The molecule has 2 aliphatic heterocycles. The normalized spacial score (nSPS) is 21.1. The highest BCUT2D eigenvalue weighted by molar-refractivity contribution is 5.78. The molecule has 0 radical (unpaired) electrons. The van der Waals surface area contributed by atoms with Gasteiger partial charge in [0.05, 0.1) is 25.5 Å². The highest BCUT2D eigenvalue weighted by Crippen LogP contribution is 2.18. The standard InChI is InChI=1S/C17H28N4O3/c1-13-16(14(2)24-19-13)11-20-5-3-15(4-6-20)18-17(22)12-21-7-9-23-10-8-21/h15H,3-12H2,1-2H3,(H,18,22). The molecule has 0 unspecified atom stereocenters. The van der Waals surface area contributed by atoms with Gasteiger partial charge in [0.1, 0.15) is 5.76 Å². The molecule has 1 N–H and O–H groups in total. The number of hydrogen-bond acceptors (Lipinski definition) is 6. The maximum absolute atomic E-state index is 12.2. The zero-order chi connectivity index (χ0) is 16.9. The number of aryl methyl sites for hydroxylation is 2. The lowest BCUT2D eigenvalue weighted by molar-refractivity contribution is -0.124. The van der Waals surface area contributed by atoms with E-state index in [9.17, 15) is 4.79 Å². The van der Waals surface area contributed by atoms with E-state index in [0.717, 1.165) is 70.2 Å². The minimum atomic E-state index is 0.140. The summed E-state index contributed by atoms with van der Waals surface area (Å²) in [5, 5.41) is 7.21. The summed E-state index contributed by atoms with van der Waals surface area (Å²) in [5.41, 5.74) is 2.18. The van der Waals surface area contributed by atoms with E-state index in [-0.39, 0.29) is 5.91 Å². The zero-order valence-electron chi connectivity index (χ0n) is 14.7. The minimum absolute atomic E-state index is 0.140. The molecule has 0 spiro atoms. The van der Waals surface area contributed by atoms with Crippen LogP contribution in [0.5, 0.6) is 0 Å². The molecule has 3 heterocycles. The number of carbonyl (C=O) groups is 1. The average molecular weight is 336 g/mol. The fraction of sp³-hybridized carbons (Fsp3) is 0.765. The summed E-state index contributed by atoms with van der Waals surface area (Å²) in [6, 6.07) is 0.291. The van der Waals surface area contributed by atoms with Crippen molar-refractivity contribution in [3.05, 3.63) is 17.0 Å². The van der Waals surface area contributed by atoms with Crippen molar-refractivity contribution in [3.63, 3.8) is 0 Å². The van der Waals surface area contributed by atoms with E-state index in [4.69, 9.17) is 9.26 Å². The van der Waals surface area contributed by atoms with Crippen molar-refractivity contribution in [3.8, 4) is 0 Å². The van der Waals surface area contributed by atoms with Crippen LogP contribution in [0.1, 0.15) is 29.9 Å². The van der Waals surface area contributed by atoms with Crippen molar-refractivity contribution < 1.29 is 14.1 Å². The van der Waals surface area contributed by atoms with Crippen LogP contribution in [0.4, 0.5) is 0 Å². The van der Waals surface area contributed by atoms with Gasteiger partial charge in [0.15, 0.2) is 0 Å². The highest BCUT2D eigenvalue weighted by atomic mass is 16.5. The molecule has 134 valence electrons. The number of rotatable bonds is 5. The van der Waals surface area contributed by atoms with Crippen molar-refractivity contribution in [2.45, 2.75) is 39.3 Å². The number of likely N-dealkylation sites (tertiary alicyclic amines) is 1. The lowest BCUT2D eigenvalue weighted by atomic mass is 10.0. The number of piperidine rings is 1. The van der Waals surface area contributed by atoms with Gasteiger partial charge in [-0.15, -0.1) is 0 Å². The smallest absolute Gasteiger partial charge is 0.234 e. The fourth-order valence-corrected chi connectivity index (χ4v) is 3.42. The highest BCUT2D eigenvalue weighted by Gasteiger charge is 2.23. The van der Waals surface area contributed by atoms with Crippen LogP contribution in [0, 0.1) is 13.8 Å². The molecule has 2 saturated heterocycles. The average Bonchev–Trinajstić information content (AvgIpc) is 2.89. The Bertz CT molecular complexity index is 527. The number of amides is 1. The monoisotopic (exact) mass is 336 g/mol. The molecule has 3 rings (SSSR count). The van der Waals surface area contributed by atoms with Crippen molar-refractivity contribution in [1.29, 1.82) is 0 Å². The molecule has 7 heteroatoms. The van der Waals surface area contributed by atoms with Gasteiger partial charge in [0.2, 0.25) is 5.91 Å². The van der Waals surface area contributed by atoms with E-state index in [0.29, 0.717) is 12.6 Å². The van der Waals surface area contributed by atoms with Crippen molar-refractivity contribution in [2.75, 3.05) is 45.9 Å². The van der Waals surface area contributed by atoms with Crippen LogP contribution in [-0.2, 0) is 16.1 Å². The molecule has 0 aromatic carbocycles. The summed E-state index contributed by atoms with van der Waals surface area (Å²) >= 11 is 0. The van der Waals surface area contributed by atoms with Gasteiger partial charge in [-0.1, -0.05) is 5.16 Å². The van der Waals surface area contributed by atoms with Gasteiger partial charge < -0.3 is 14.6 Å². The Kier molecular flexibility index (Phi) is 5.86. The lowest BCUT2D eigenvalue weighted by Crippen LogP contribution is -2.48. The van der Waals surface area contributed by atoms with Crippen LogP contribution in [0.25, 0.3) is 0 Å². The van der Waals surface area contributed by atoms with Gasteiger partial charge in [-0.05, 0) is 26.7 Å². The SMILES string of the molecule is Cc1noc(C)c1CN1CCC(NC(=O)CN2CCOCC2)CC1. The molecule has 2 fully saturated rings. The van der Waals surface area contributed by atoms with E-state index >= 15 is 0 Å². The van der Waals surface area contributed by atoms with Gasteiger partial charge in [0, 0.05) is 44.3 Å². The fourth-order valence-electron chi connectivity index (χ4n) is 3.42. The molecule has 1 aromatic rings. The largest absolute Gasteiger partial charge is 0.379 e. The molecular formula is C17H28N4O3. The van der Waals surface area contributed by atoms with Gasteiger partial charge in [-0.25, -0.2) is 0 Å². The molecule has 0 aliphatic carbocycles. The molecule has 1 aromatic heterocycles. The van der Waals surface area contributed by atoms with E-state index in [1.165, 1.54) is 5.56 Å². The molecule has 7 nitrogen and oxygen atoms in total. The van der Waals surface area contributed by atoms with E-state index < -0.39 is 0 Å². The first kappa shape index (κ1) is 17.4. The third-order valence-corrected chi connectivity index (χ3v) is 4.99. The first-order chi connectivity index (χ1) is 11.6. The number of ether oxygens (including phenoxy) is 1. The summed E-state index contributed by atoms with van der Waals surface area (Å²) in [5.74, 6) is 1.05. The summed E-state index contributed by atoms with van der Waals surface area (Å²) in [6.07, 6.45) is 2.00. The second-order valence-corrected chi connectivity index (χ2v) is 6.81. The number of morpholine rings is 1.